The highest BCUT2D eigenvalue weighted by atomic mass is 16.4. The monoisotopic (exact) mass is 500 g/mol. The minimum absolute atomic E-state index is 0.545. The van der Waals surface area contributed by atoms with Gasteiger partial charge in [0.15, 0.2) is 5.58 Å². The first kappa shape index (κ1) is 20.7. The number of oxazole rings is 1. The van der Waals surface area contributed by atoms with E-state index < -0.39 is 0 Å². The Bertz CT molecular complexity index is 2390. The largest absolute Gasteiger partial charge is 0.455 e. The predicted octanol–water partition coefficient (Wildman–Crippen LogP) is 9.64. The summed E-state index contributed by atoms with van der Waals surface area (Å²) in [5, 5.41) is 6.71. The summed E-state index contributed by atoms with van der Waals surface area (Å²) in [4.78, 5) is 5.11. The summed E-state index contributed by atoms with van der Waals surface area (Å²) in [5.74, 6) is 0. The predicted molar refractivity (Wildman–Crippen MR) is 159 cm³/mol. The number of hydrogen-bond donors (Lipinski definition) is 0. The van der Waals surface area contributed by atoms with Gasteiger partial charge in [-0.25, -0.2) is 0 Å². The maximum atomic E-state index is 6.70. The van der Waals surface area contributed by atoms with Crippen LogP contribution in [0.3, 0.4) is 0 Å². The van der Waals surface area contributed by atoms with E-state index in [-0.39, 0.29) is 0 Å². The van der Waals surface area contributed by atoms with Crippen LogP contribution in [0.5, 0.6) is 0 Å². The molecule has 3 aromatic heterocycles. The number of hydrogen-bond acceptors (Lipinski definition) is 3. The normalized spacial score (nSPS) is 12.1. The molecular weight excluding hydrogens is 480 g/mol. The summed E-state index contributed by atoms with van der Waals surface area (Å²) in [6.07, 6.45) is 0. The number of rotatable bonds is 2. The second-order valence-corrected chi connectivity index (χ2v) is 10.0. The van der Waals surface area contributed by atoms with Crippen LogP contribution in [0.25, 0.3) is 82.8 Å². The van der Waals surface area contributed by atoms with Gasteiger partial charge in [-0.1, -0.05) is 91.0 Å². The van der Waals surface area contributed by atoms with Gasteiger partial charge in [0.05, 0.1) is 16.4 Å². The van der Waals surface area contributed by atoms with Crippen LogP contribution in [0.1, 0.15) is 0 Å². The van der Waals surface area contributed by atoms with Gasteiger partial charge in [-0.2, -0.15) is 4.98 Å². The van der Waals surface area contributed by atoms with E-state index >= 15 is 0 Å². The fraction of sp³-hybridized carbons (Fsp3) is 0. The molecule has 182 valence electrons. The van der Waals surface area contributed by atoms with Crippen LogP contribution in [0.2, 0.25) is 0 Å². The standard InChI is InChI=1S/C35H20N2O2/c1-2-10-21(11-3-1)26-20-28-34(32-25-15-7-9-17-31(25)38-33(26)32)39-35(36-28)37-29-16-8-6-14-24(29)27-18-22-12-4-5-13-23(22)19-30(27)37/h1-20H. The molecule has 0 amide bonds. The first-order chi connectivity index (χ1) is 19.3. The van der Waals surface area contributed by atoms with Crippen molar-refractivity contribution in [3.8, 4) is 17.1 Å². The van der Waals surface area contributed by atoms with E-state index in [2.05, 4.69) is 89.5 Å². The van der Waals surface area contributed by atoms with Crippen LogP contribution >= 0.6 is 0 Å². The molecule has 9 aromatic rings. The van der Waals surface area contributed by atoms with Crippen molar-refractivity contribution >= 4 is 65.6 Å². The van der Waals surface area contributed by atoms with Crippen molar-refractivity contribution in [1.82, 2.24) is 9.55 Å². The molecule has 0 spiro atoms. The lowest BCUT2D eigenvalue weighted by Gasteiger charge is -2.03. The summed E-state index contributed by atoms with van der Waals surface area (Å²) in [5.41, 5.74) is 7.39. The fourth-order valence-corrected chi connectivity index (χ4v) is 6.05. The molecule has 9 rings (SSSR count). The summed E-state index contributed by atoms with van der Waals surface area (Å²) in [7, 11) is 0. The van der Waals surface area contributed by atoms with Gasteiger partial charge >= 0.3 is 6.01 Å². The molecule has 0 aliphatic rings. The van der Waals surface area contributed by atoms with E-state index in [1.54, 1.807) is 0 Å². The van der Waals surface area contributed by atoms with Gasteiger partial charge in [0.1, 0.15) is 16.7 Å². The molecule has 3 heterocycles. The van der Waals surface area contributed by atoms with Gasteiger partial charge in [0.2, 0.25) is 0 Å². The van der Waals surface area contributed by atoms with Gasteiger partial charge in [0, 0.05) is 21.7 Å². The number of fused-ring (bicyclic) bond motifs is 9. The molecule has 0 fully saturated rings. The van der Waals surface area contributed by atoms with Gasteiger partial charge in [-0.15, -0.1) is 0 Å². The number of para-hydroxylation sites is 2. The second-order valence-electron chi connectivity index (χ2n) is 10.0. The fourth-order valence-electron chi connectivity index (χ4n) is 6.05. The van der Waals surface area contributed by atoms with Crippen molar-refractivity contribution in [2.45, 2.75) is 0 Å². The van der Waals surface area contributed by atoms with Crippen molar-refractivity contribution in [2.24, 2.45) is 0 Å². The summed E-state index contributed by atoms with van der Waals surface area (Å²) in [6.45, 7) is 0. The number of aromatic nitrogens is 2. The van der Waals surface area contributed by atoms with Gasteiger partial charge in [0.25, 0.3) is 0 Å². The molecule has 0 aliphatic heterocycles. The highest BCUT2D eigenvalue weighted by Gasteiger charge is 2.22. The topological polar surface area (TPSA) is 44.1 Å². The number of benzene rings is 6. The highest BCUT2D eigenvalue weighted by molar-refractivity contribution is 6.20. The van der Waals surface area contributed by atoms with Crippen LogP contribution in [0.4, 0.5) is 0 Å². The van der Waals surface area contributed by atoms with Crippen LogP contribution in [0, 0.1) is 0 Å². The smallest absolute Gasteiger partial charge is 0.307 e. The molecular formula is C35H20N2O2. The molecule has 39 heavy (non-hydrogen) atoms. The number of furan rings is 1. The highest BCUT2D eigenvalue weighted by Crippen LogP contribution is 2.42. The maximum Gasteiger partial charge on any atom is 0.307 e. The summed E-state index contributed by atoms with van der Waals surface area (Å²) >= 11 is 0. The minimum atomic E-state index is 0.545. The third-order valence-electron chi connectivity index (χ3n) is 7.81. The maximum absolute atomic E-state index is 6.70. The Morgan fingerprint density at radius 3 is 2.13 bits per heavy atom. The minimum Gasteiger partial charge on any atom is -0.455 e. The molecule has 0 radical (unpaired) electrons. The lowest BCUT2D eigenvalue weighted by atomic mass is 10.0. The molecule has 0 saturated heterocycles. The molecule has 4 heteroatoms. The van der Waals surface area contributed by atoms with Gasteiger partial charge < -0.3 is 8.83 Å². The summed E-state index contributed by atoms with van der Waals surface area (Å²) < 4.78 is 15.3. The van der Waals surface area contributed by atoms with E-state index in [0.29, 0.717) is 6.01 Å². The molecule has 0 N–H and O–H groups in total. The van der Waals surface area contributed by atoms with Crippen LogP contribution in [-0.4, -0.2) is 9.55 Å². The molecule has 0 bridgehead atoms. The van der Waals surface area contributed by atoms with Crippen molar-refractivity contribution in [3.63, 3.8) is 0 Å². The van der Waals surface area contributed by atoms with E-state index in [0.717, 1.165) is 55.2 Å². The molecule has 0 atom stereocenters. The zero-order valence-electron chi connectivity index (χ0n) is 20.8. The van der Waals surface area contributed by atoms with Crippen molar-refractivity contribution < 1.29 is 8.83 Å². The Hall–Kier alpha value is -5.35. The molecule has 6 aromatic carbocycles. The molecule has 0 unspecified atom stereocenters. The SMILES string of the molecule is c1ccc(-c2cc3nc(-n4c5ccccc5c5cc6ccccc6cc54)oc3c3c2oc2ccccc23)cc1. The Morgan fingerprint density at radius 1 is 0.538 bits per heavy atom. The zero-order valence-corrected chi connectivity index (χ0v) is 20.8. The molecule has 0 aliphatic carbocycles. The van der Waals surface area contributed by atoms with E-state index in [1.807, 2.05) is 36.4 Å². The lowest BCUT2D eigenvalue weighted by Crippen LogP contribution is -1.93. The van der Waals surface area contributed by atoms with Crippen molar-refractivity contribution in [3.05, 3.63) is 121 Å². The van der Waals surface area contributed by atoms with E-state index in [1.165, 1.54) is 21.5 Å². The van der Waals surface area contributed by atoms with Crippen molar-refractivity contribution in [1.29, 1.82) is 0 Å². The average Bonchev–Trinajstić information content (AvgIpc) is 3.67. The quantitative estimate of drug-likeness (QED) is 0.237. The zero-order chi connectivity index (χ0) is 25.5. The third kappa shape index (κ3) is 2.85. The Labute approximate surface area is 222 Å². The summed E-state index contributed by atoms with van der Waals surface area (Å²) in [6, 6.07) is 42.5. The second kappa shape index (κ2) is 7.59. The van der Waals surface area contributed by atoms with Crippen LogP contribution < -0.4 is 0 Å². The van der Waals surface area contributed by atoms with Gasteiger partial charge in [-0.3, -0.25) is 4.57 Å². The third-order valence-corrected chi connectivity index (χ3v) is 7.81. The molecule has 4 nitrogen and oxygen atoms in total. The lowest BCUT2D eigenvalue weighted by molar-refractivity contribution is 0.577. The molecule has 0 saturated carbocycles. The van der Waals surface area contributed by atoms with Crippen LogP contribution in [-0.2, 0) is 0 Å². The Kier molecular flexibility index (Phi) is 4.02. The Balaban J connectivity index is 1.43. The Morgan fingerprint density at radius 2 is 1.26 bits per heavy atom. The van der Waals surface area contributed by atoms with Gasteiger partial charge in [-0.05, 0) is 46.7 Å². The van der Waals surface area contributed by atoms with Crippen LogP contribution in [0.15, 0.2) is 130 Å². The first-order valence-corrected chi connectivity index (χ1v) is 13.1. The van der Waals surface area contributed by atoms with E-state index in [4.69, 9.17) is 13.8 Å². The first-order valence-electron chi connectivity index (χ1n) is 13.1. The average molecular weight is 501 g/mol. The van der Waals surface area contributed by atoms with E-state index in [9.17, 15) is 0 Å². The van der Waals surface area contributed by atoms with Crippen molar-refractivity contribution in [2.75, 3.05) is 0 Å². The number of nitrogens with zero attached hydrogens (tertiary/aromatic N) is 2.